The first-order valence-electron chi connectivity index (χ1n) is 7.57. The van der Waals surface area contributed by atoms with Crippen LogP contribution >= 0.6 is 15.9 Å². The molecule has 23 heavy (non-hydrogen) atoms. The van der Waals surface area contributed by atoms with Crippen molar-refractivity contribution in [3.63, 3.8) is 0 Å². The van der Waals surface area contributed by atoms with Crippen molar-refractivity contribution in [3.8, 4) is 0 Å². The number of hydrogen-bond donors (Lipinski definition) is 1. The maximum Gasteiger partial charge on any atom is 0.328 e. The first-order chi connectivity index (χ1) is 10.9. The summed E-state index contributed by atoms with van der Waals surface area (Å²) >= 11 is 3.35. The zero-order valence-electron chi connectivity index (χ0n) is 12.9. The molecule has 2 aliphatic heterocycles. The summed E-state index contributed by atoms with van der Waals surface area (Å²) in [5, 5.41) is 9.51. The van der Waals surface area contributed by atoms with Crippen LogP contribution in [0.15, 0.2) is 28.7 Å². The topological polar surface area (TPSA) is 70.1 Å². The number of ether oxygens (including phenoxy) is 1. The zero-order chi connectivity index (χ0) is 16.6. The minimum absolute atomic E-state index is 0.0405. The number of carboxylic acids is 1. The Labute approximate surface area is 143 Å². The average Bonchev–Trinajstić information content (AvgIpc) is 2.89. The molecule has 1 spiro atoms. The number of carbonyl (C=O) groups excluding carboxylic acids is 1. The number of rotatable bonds is 2. The van der Waals surface area contributed by atoms with E-state index in [0.717, 1.165) is 17.6 Å². The molecule has 2 fully saturated rings. The second-order valence-corrected chi connectivity index (χ2v) is 7.02. The molecule has 0 saturated carbocycles. The molecule has 0 aliphatic carbocycles. The van der Waals surface area contributed by atoms with Gasteiger partial charge in [-0.2, -0.15) is 0 Å². The number of benzene rings is 1. The molecule has 6 nitrogen and oxygen atoms in total. The number of halogens is 1. The van der Waals surface area contributed by atoms with Gasteiger partial charge in [0.05, 0.1) is 6.61 Å². The Morgan fingerprint density at radius 3 is 2.65 bits per heavy atom. The molecular weight excluding hydrogens is 364 g/mol. The van der Waals surface area contributed by atoms with Crippen LogP contribution in [-0.2, 0) is 9.53 Å². The van der Waals surface area contributed by atoms with Crippen LogP contribution in [0, 0.1) is 0 Å². The van der Waals surface area contributed by atoms with Crippen LogP contribution in [0.1, 0.15) is 23.2 Å². The van der Waals surface area contributed by atoms with Crippen LogP contribution in [-0.4, -0.2) is 65.3 Å². The van der Waals surface area contributed by atoms with Gasteiger partial charge in [-0.1, -0.05) is 22.0 Å². The Hall–Kier alpha value is -1.44. The molecule has 124 valence electrons. The summed E-state index contributed by atoms with van der Waals surface area (Å²) < 4.78 is 6.66. The number of nitrogens with zero attached hydrogens (tertiary/aromatic N) is 2. The zero-order valence-corrected chi connectivity index (χ0v) is 14.5. The minimum Gasteiger partial charge on any atom is -0.480 e. The van der Waals surface area contributed by atoms with Crippen molar-refractivity contribution in [3.05, 3.63) is 34.3 Å². The second-order valence-electron chi connectivity index (χ2n) is 6.10. The molecule has 1 unspecified atom stereocenters. The Morgan fingerprint density at radius 1 is 1.35 bits per heavy atom. The van der Waals surface area contributed by atoms with Crippen LogP contribution < -0.4 is 0 Å². The summed E-state index contributed by atoms with van der Waals surface area (Å²) in [6.45, 7) is 1.59. The highest BCUT2D eigenvalue weighted by atomic mass is 79.9. The summed E-state index contributed by atoms with van der Waals surface area (Å²) in [5.74, 6) is -1.31. The molecule has 1 amide bonds. The lowest BCUT2D eigenvalue weighted by Crippen LogP contribution is -2.57. The van der Waals surface area contributed by atoms with Gasteiger partial charge in [-0.05, 0) is 25.2 Å². The Balaban J connectivity index is 1.96. The van der Waals surface area contributed by atoms with E-state index in [4.69, 9.17) is 4.74 Å². The number of piperidine rings is 1. The number of carboxylic acid groups (broad SMARTS) is 1. The lowest BCUT2D eigenvalue weighted by atomic mass is 9.97. The summed E-state index contributed by atoms with van der Waals surface area (Å²) in [4.78, 5) is 28.2. The normalized spacial score (nSPS) is 24.1. The lowest BCUT2D eigenvalue weighted by Gasteiger charge is -2.43. The van der Waals surface area contributed by atoms with Crippen molar-refractivity contribution in [2.75, 3.05) is 26.7 Å². The number of hydrogen-bond acceptors (Lipinski definition) is 4. The molecule has 1 aromatic carbocycles. The van der Waals surface area contributed by atoms with Crippen molar-refractivity contribution in [1.82, 2.24) is 9.80 Å². The van der Waals surface area contributed by atoms with Crippen LogP contribution in [0.5, 0.6) is 0 Å². The standard InChI is InChI=1S/C16H19BrN2O4/c1-18-7-5-16(6-8-18)19(13(10-23-16)15(21)22)14(20)11-3-2-4-12(17)9-11/h2-4,9,13H,5-8,10H2,1H3,(H,21,22). The van der Waals surface area contributed by atoms with E-state index >= 15 is 0 Å². The Bertz CT molecular complexity index is 628. The lowest BCUT2D eigenvalue weighted by molar-refractivity contribution is -0.143. The molecule has 1 aromatic rings. The van der Waals surface area contributed by atoms with Gasteiger partial charge in [-0.3, -0.25) is 9.69 Å². The summed E-state index contributed by atoms with van der Waals surface area (Å²) in [6.07, 6.45) is 1.24. The average molecular weight is 383 g/mol. The van der Waals surface area contributed by atoms with Gasteiger partial charge in [-0.15, -0.1) is 0 Å². The number of carbonyl (C=O) groups is 2. The van der Waals surface area contributed by atoms with Gasteiger partial charge in [0.15, 0.2) is 6.04 Å². The second kappa shape index (κ2) is 6.22. The van der Waals surface area contributed by atoms with E-state index in [-0.39, 0.29) is 12.5 Å². The van der Waals surface area contributed by atoms with Crippen molar-refractivity contribution in [2.24, 2.45) is 0 Å². The molecule has 1 atom stereocenters. The van der Waals surface area contributed by atoms with E-state index in [0.29, 0.717) is 18.4 Å². The van der Waals surface area contributed by atoms with Gasteiger partial charge in [0.1, 0.15) is 5.72 Å². The number of amides is 1. The van der Waals surface area contributed by atoms with Gasteiger partial charge in [0.2, 0.25) is 0 Å². The van der Waals surface area contributed by atoms with Crippen LogP contribution in [0.25, 0.3) is 0 Å². The van der Waals surface area contributed by atoms with Gasteiger partial charge < -0.3 is 14.7 Å². The molecular formula is C16H19BrN2O4. The van der Waals surface area contributed by atoms with E-state index < -0.39 is 17.7 Å². The molecule has 1 N–H and O–H groups in total. The highest BCUT2D eigenvalue weighted by Crippen LogP contribution is 2.38. The van der Waals surface area contributed by atoms with Gasteiger partial charge >= 0.3 is 5.97 Å². The van der Waals surface area contributed by atoms with Gasteiger partial charge in [0, 0.05) is 36.0 Å². The fourth-order valence-corrected chi connectivity index (χ4v) is 3.68. The van der Waals surface area contributed by atoms with Crippen LogP contribution in [0.3, 0.4) is 0 Å². The highest BCUT2D eigenvalue weighted by Gasteiger charge is 2.53. The predicted octanol–water partition coefficient (Wildman–Crippen LogP) is 1.80. The van der Waals surface area contributed by atoms with E-state index in [2.05, 4.69) is 20.8 Å². The van der Waals surface area contributed by atoms with Crippen molar-refractivity contribution in [1.29, 1.82) is 0 Å². The quantitative estimate of drug-likeness (QED) is 0.844. The highest BCUT2D eigenvalue weighted by molar-refractivity contribution is 9.10. The molecule has 2 saturated heterocycles. The third-order valence-electron chi connectivity index (χ3n) is 4.60. The molecule has 2 heterocycles. The number of likely N-dealkylation sites (tertiary alicyclic amines) is 1. The summed E-state index contributed by atoms with van der Waals surface area (Å²) in [6, 6.07) is 6.07. The first kappa shape index (κ1) is 16.4. The van der Waals surface area contributed by atoms with Crippen LogP contribution in [0.2, 0.25) is 0 Å². The third kappa shape index (κ3) is 3.00. The largest absolute Gasteiger partial charge is 0.480 e. The maximum atomic E-state index is 13.0. The minimum atomic E-state index is -1.02. The van der Waals surface area contributed by atoms with Crippen LogP contribution in [0.4, 0.5) is 0 Å². The molecule has 0 radical (unpaired) electrons. The predicted molar refractivity (Wildman–Crippen MR) is 87.1 cm³/mol. The fraction of sp³-hybridized carbons (Fsp3) is 0.500. The monoisotopic (exact) mass is 382 g/mol. The first-order valence-corrected chi connectivity index (χ1v) is 8.37. The maximum absolute atomic E-state index is 13.0. The van der Waals surface area contributed by atoms with Crippen molar-refractivity contribution < 1.29 is 19.4 Å². The fourth-order valence-electron chi connectivity index (χ4n) is 3.28. The van der Waals surface area contributed by atoms with E-state index in [1.807, 2.05) is 13.1 Å². The van der Waals surface area contributed by atoms with E-state index in [1.54, 1.807) is 18.2 Å². The molecule has 0 bridgehead atoms. The molecule has 0 aromatic heterocycles. The van der Waals surface area contributed by atoms with Crippen molar-refractivity contribution >= 4 is 27.8 Å². The van der Waals surface area contributed by atoms with E-state index in [1.165, 1.54) is 4.90 Å². The third-order valence-corrected chi connectivity index (χ3v) is 5.10. The van der Waals surface area contributed by atoms with Gasteiger partial charge in [-0.25, -0.2) is 4.79 Å². The molecule has 7 heteroatoms. The Morgan fingerprint density at radius 2 is 2.04 bits per heavy atom. The Kier molecular flexibility index (Phi) is 4.44. The number of aliphatic carboxylic acids is 1. The van der Waals surface area contributed by atoms with Crippen molar-refractivity contribution in [2.45, 2.75) is 24.6 Å². The summed E-state index contributed by atoms with van der Waals surface area (Å²) in [7, 11) is 2.01. The smallest absolute Gasteiger partial charge is 0.328 e. The SMILES string of the molecule is CN1CCC2(CC1)OCC(C(=O)O)N2C(=O)c1cccc(Br)c1. The van der Waals surface area contributed by atoms with Gasteiger partial charge in [0.25, 0.3) is 5.91 Å². The van der Waals surface area contributed by atoms with E-state index in [9.17, 15) is 14.7 Å². The molecule has 2 aliphatic rings. The summed E-state index contributed by atoms with van der Waals surface area (Å²) in [5.41, 5.74) is -0.343. The molecule has 3 rings (SSSR count).